The van der Waals surface area contributed by atoms with E-state index < -0.39 is 0 Å². The third-order valence-electron chi connectivity index (χ3n) is 2.92. The average molecular weight is 232 g/mol. The molecule has 1 amide bonds. The third-order valence-corrected chi connectivity index (χ3v) is 2.92. The topological polar surface area (TPSA) is 64.2 Å². The number of imidazole rings is 1. The van der Waals surface area contributed by atoms with Crippen molar-refractivity contribution in [3.63, 3.8) is 0 Å². The number of carbonyl (C=O) groups excluding carboxylic acids is 1. The van der Waals surface area contributed by atoms with E-state index in [1.807, 2.05) is 36.7 Å². The molecule has 5 nitrogen and oxygen atoms in total. The highest BCUT2D eigenvalue weighted by Gasteiger charge is 2.09. The molecule has 0 spiro atoms. The van der Waals surface area contributed by atoms with Gasteiger partial charge in [-0.25, -0.2) is 10.8 Å². The minimum absolute atomic E-state index is 0.114. The standard InChI is InChI=1S/C12H16N4O/c1-8-14-10-6-9(7-12(17)16(3)13)4-5-11(10)15(8)2/h4-6H,7,13H2,1-3H3. The van der Waals surface area contributed by atoms with Crippen LogP contribution in [0, 0.1) is 6.92 Å². The van der Waals surface area contributed by atoms with Gasteiger partial charge in [0, 0.05) is 14.1 Å². The van der Waals surface area contributed by atoms with Crippen molar-refractivity contribution in [3.05, 3.63) is 29.6 Å². The molecule has 1 heterocycles. The number of amides is 1. The zero-order chi connectivity index (χ0) is 12.6. The Morgan fingerprint density at radius 3 is 2.88 bits per heavy atom. The SMILES string of the molecule is Cc1nc2cc(CC(=O)N(C)N)ccc2n1C. The lowest BCUT2D eigenvalue weighted by Gasteiger charge is -2.09. The molecule has 0 saturated carbocycles. The van der Waals surface area contributed by atoms with Crippen molar-refractivity contribution in [1.29, 1.82) is 0 Å². The van der Waals surface area contributed by atoms with Gasteiger partial charge in [0.05, 0.1) is 17.5 Å². The predicted octanol–water partition coefficient (Wildman–Crippen LogP) is 0.756. The second kappa shape index (κ2) is 4.18. The molecule has 2 aromatic rings. The minimum atomic E-state index is -0.114. The summed E-state index contributed by atoms with van der Waals surface area (Å²) < 4.78 is 2.02. The highest BCUT2D eigenvalue weighted by Crippen LogP contribution is 2.16. The summed E-state index contributed by atoms with van der Waals surface area (Å²) in [7, 11) is 3.52. The smallest absolute Gasteiger partial charge is 0.240 e. The quantitative estimate of drug-likeness (QED) is 0.472. The maximum atomic E-state index is 11.5. The molecule has 0 atom stereocenters. The van der Waals surface area contributed by atoms with Gasteiger partial charge in [0.15, 0.2) is 0 Å². The van der Waals surface area contributed by atoms with Crippen LogP contribution in [-0.2, 0) is 18.3 Å². The van der Waals surface area contributed by atoms with Gasteiger partial charge in [-0.1, -0.05) is 6.07 Å². The fourth-order valence-corrected chi connectivity index (χ4v) is 1.78. The number of carbonyl (C=O) groups is 1. The van der Waals surface area contributed by atoms with Crippen LogP contribution < -0.4 is 5.84 Å². The number of benzene rings is 1. The maximum Gasteiger partial charge on any atom is 0.240 e. The predicted molar refractivity (Wildman–Crippen MR) is 66.1 cm³/mol. The Bertz CT molecular complexity index is 571. The van der Waals surface area contributed by atoms with Crippen LogP contribution in [0.25, 0.3) is 11.0 Å². The second-order valence-corrected chi connectivity index (χ2v) is 4.22. The van der Waals surface area contributed by atoms with Crippen molar-refractivity contribution in [2.45, 2.75) is 13.3 Å². The summed E-state index contributed by atoms with van der Waals surface area (Å²) in [6, 6.07) is 5.85. The van der Waals surface area contributed by atoms with Crippen LogP contribution in [-0.4, -0.2) is 27.5 Å². The lowest BCUT2D eigenvalue weighted by molar-refractivity contribution is -0.129. The lowest BCUT2D eigenvalue weighted by Crippen LogP contribution is -2.34. The van der Waals surface area contributed by atoms with Gasteiger partial charge < -0.3 is 4.57 Å². The molecule has 17 heavy (non-hydrogen) atoms. The highest BCUT2D eigenvalue weighted by molar-refractivity contribution is 5.81. The van der Waals surface area contributed by atoms with Crippen LogP contribution in [0.15, 0.2) is 18.2 Å². The first-order chi connectivity index (χ1) is 7.99. The van der Waals surface area contributed by atoms with Gasteiger partial charge >= 0.3 is 0 Å². The van der Waals surface area contributed by atoms with Crippen LogP contribution in [0.5, 0.6) is 0 Å². The molecular formula is C12H16N4O. The van der Waals surface area contributed by atoms with Gasteiger partial charge in [-0.05, 0) is 24.6 Å². The van der Waals surface area contributed by atoms with Crippen molar-refractivity contribution >= 4 is 16.9 Å². The number of nitrogens with two attached hydrogens (primary N) is 1. The molecule has 0 saturated heterocycles. The van der Waals surface area contributed by atoms with E-state index in [0.29, 0.717) is 6.42 Å². The van der Waals surface area contributed by atoms with Gasteiger partial charge in [0.1, 0.15) is 5.82 Å². The first-order valence-electron chi connectivity index (χ1n) is 5.42. The molecule has 0 unspecified atom stereocenters. The Morgan fingerprint density at radius 2 is 2.24 bits per heavy atom. The molecule has 5 heteroatoms. The van der Waals surface area contributed by atoms with Gasteiger partial charge in [-0.2, -0.15) is 0 Å². The minimum Gasteiger partial charge on any atom is -0.331 e. The van der Waals surface area contributed by atoms with E-state index >= 15 is 0 Å². The van der Waals surface area contributed by atoms with Crippen molar-refractivity contribution in [2.75, 3.05) is 7.05 Å². The van der Waals surface area contributed by atoms with Gasteiger partial charge in [0.25, 0.3) is 0 Å². The number of hydrogen-bond acceptors (Lipinski definition) is 3. The summed E-state index contributed by atoms with van der Waals surface area (Å²) in [5.41, 5.74) is 2.91. The number of rotatable bonds is 2. The Labute approximate surface area is 99.8 Å². The van der Waals surface area contributed by atoms with E-state index in [4.69, 9.17) is 5.84 Å². The first kappa shape index (κ1) is 11.6. The third kappa shape index (κ3) is 2.14. The van der Waals surface area contributed by atoms with Crippen molar-refractivity contribution < 1.29 is 4.79 Å². The molecular weight excluding hydrogens is 216 g/mol. The normalized spacial score (nSPS) is 10.8. The average Bonchev–Trinajstić information content (AvgIpc) is 2.54. The van der Waals surface area contributed by atoms with Crippen molar-refractivity contribution in [3.8, 4) is 0 Å². The highest BCUT2D eigenvalue weighted by atomic mass is 16.2. The number of nitrogens with zero attached hydrogens (tertiary/aromatic N) is 3. The molecule has 90 valence electrons. The maximum absolute atomic E-state index is 11.5. The molecule has 2 N–H and O–H groups in total. The summed E-state index contributed by atoms with van der Waals surface area (Å²) in [4.78, 5) is 15.9. The summed E-state index contributed by atoms with van der Waals surface area (Å²) in [6.45, 7) is 1.96. The number of hydrazine groups is 1. The zero-order valence-corrected chi connectivity index (χ0v) is 10.3. The summed E-state index contributed by atoms with van der Waals surface area (Å²) in [5, 5.41) is 1.11. The summed E-state index contributed by atoms with van der Waals surface area (Å²) in [6.07, 6.45) is 0.304. The van der Waals surface area contributed by atoms with E-state index in [-0.39, 0.29) is 5.91 Å². The molecule has 1 aromatic heterocycles. The van der Waals surface area contributed by atoms with E-state index in [1.165, 1.54) is 0 Å². The summed E-state index contributed by atoms with van der Waals surface area (Å²) >= 11 is 0. The molecule has 0 aliphatic carbocycles. The van der Waals surface area contributed by atoms with E-state index in [9.17, 15) is 4.79 Å². The van der Waals surface area contributed by atoms with Crippen LogP contribution in [0.4, 0.5) is 0 Å². The van der Waals surface area contributed by atoms with Crippen LogP contribution >= 0.6 is 0 Å². The largest absolute Gasteiger partial charge is 0.331 e. The fraction of sp³-hybridized carbons (Fsp3) is 0.333. The van der Waals surface area contributed by atoms with Crippen LogP contribution in [0.3, 0.4) is 0 Å². The molecule has 2 rings (SSSR count). The second-order valence-electron chi connectivity index (χ2n) is 4.22. The first-order valence-corrected chi connectivity index (χ1v) is 5.42. The fourth-order valence-electron chi connectivity index (χ4n) is 1.78. The van der Waals surface area contributed by atoms with E-state index in [1.54, 1.807) is 7.05 Å². The molecule has 0 aliphatic heterocycles. The zero-order valence-electron chi connectivity index (χ0n) is 10.3. The van der Waals surface area contributed by atoms with E-state index in [0.717, 1.165) is 27.4 Å². The van der Waals surface area contributed by atoms with E-state index in [2.05, 4.69) is 4.98 Å². The monoisotopic (exact) mass is 232 g/mol. The Hall–Kier alpha value is -1.88. The number of fused-ring (bicyclic) bond motifs is 1. The van der Waals surface area contributed by atoms with Gasteiger partial charge in [-0.3, -0.25) is 9.80 Å². The molecule has 0 radical (unpaired) electrons. The number of hydrogen-bond donors (Lipinski definition) is 1. The molecule has 0 fully saturated rings. The Kier molecular flexibility index (Phi) is 2.85. The Morgan fingerprint density at radius 1 is 1.53 bits per heavy atom. The van der Waals surface area contributed by atoms with Gasteiger partial charge in [-0.15, -0.1) is 0 Å². The van der Waals surface area contributed by atoms with Crippen molar-refractivity contribution in [1.82, 2.24) is 14.6 Å². The number of aryl methyl sites for hydroxylation is 2. The van der Waals surface area contributed by atoms with Crippen LogP contribution in [0.1, 0.15) is 11.4 Å². The lowest BCUT2D eigenvalue weighted by atomic mass is 10.1. The molecule has 0 bridgehead atoms. The van der Waals surface area contributed by atoms with Gasteiger partial charge in [0.2, 0.25) is 5.91 Å². The Balaban J connectivity index is 2.35. The van der Waals surface area contributed by atoms with Crippen molar-refractivity contribution in [2.24, 2.45) is 12.9 Å². The molecule has 1 aromatic carbocycles. The van der Waals surface area contributed by atoms with Crippen LogP contribution in [0.2, 0.25) is 0 Å². The molecule has 0 aliphatic rings. The summed E-state index contributed by atoms with van der Waals surface area (Å²) in [5.74, 6) is 6.23. The number of likely N-dealkylation sites (N-methyl/N-ethyl adjacent to an activating group) is 1. The number of aromatic nitrogens is 2.